The zero-order chi connectivity index (χ0) is 11.5. The van der Waals surface area contributed by atoms with Gasteiger partial charge in [0.2, 0.25) is 0 Å². The van der Waals surface area contributed by atoms with Gasteiger partial charge in [0.1, 0.15) is 5.82 Å². The standard InChI is InChI=1S/C11H9BrClN3/c12-7-1-4-11(15-6-7)16-10-5-8(14)2-3-9(10)13/h1-6H,14H2,(H,15,16). The Morgan fingerprint density at radius 2 is 2.06 bits per heavy atom. The predicted molar refractivity (Wildman–Crippen MR) is 71.1 cm³/mol. The smallest absolute Gasteiger partial charge is 0.130 e. The lowest BCUT2D eigenvalue weighted by atomic mass is 10.3. The van der Waals surface area contributed by atoms with Crippen LogP contribution in [0.2, 0.25) is 5.02 Å². The minimum Gasteiger partial charge on any atom is -0.399 e. The Bertz CT molecular complexity index is 499. The molecule has 0 atom stereocenters. The van der Waals surface area contributed by atoms with Crippen LogP contribution in [0.4, 0.5) is 17.2 Å². The van der Waals surface area contributed by atoms with Crippen LogP contribution in [0.5, 0.6) is 0 Å². The monoisotopic (exact) mass is 297 g/mol. The molecule has 0 aliphatic carbocycles. The first-order valence-electron chi connectivity index (χ1n) is 4.59. The van der Waals surface area contributed by atoms with Gasteiger partial charge in [-0.1, -0.05) is 11.6 Å². The van der Waals surface area contributed by atoms with Crippen molar-refractivity contribution >= 4 is 44.7 Å². The van der Waals surface area contributed by atoms with Crippen LogP contribution in [0.25, 0.3) is 0 Å². The topological polar surface area (TPSA) is 50.9 Å². The molecule has 0 radical (unpaired) electrons. The first kappa shape index (κ1) is 11.2. The average Bonchev–Trinajstić information content (AvgIpc) is 2.27. The Balaban J connectivity index is 2.26. The molecular weight excluding hydrogens is 289 g/mol. The Morgan fingerprint density at radius 1 is 1.25 bits per heavy atom. The molecule has 5 heteroatoms. The van der Waals surface area contributed by atoms with Gasteiger partial charge in [-0.15, -0.1) is 0 Å². The van der Waals surface area contributed by atoms with Gasteiger partial charge in [-0.2, -0.15) is 0 Å². The third kappa shape index (κ3) is 2.65. The van der Waals surface area contributed by atoms with Crippen LogP contribution < -0.4 is 11.1 Å². The van der Waals surface area contributed by atoms with Crippen molar-refractivity contribution in [1.82, 2.24) is 4.98 Å². The summed E-state index contributed by atoms with van der Waals surface area (Å²) in [5.41, 5.74) is 7.08. The maximum atomic E-state index is 6.02. The van der Waals surface area contributed by atoms with Gasteiger partial charge < -0.3 is 11.1 Å². The largest absolute Gasteiger partial charge is 0.399 e. The number of pyridine rings is 1. The maximum absolute atomic E-state index is 6.02. The fourth-order valence-corrected chi connectivity index (χ4v) is 1.63. The third-order valence-electron chi connectivity index (χ3n) is 1.98. The molecule has 0 spiro atoms. The highest BCUT2D eigenvalue weighted by Crippen LogP contribution is 2.26. The molecule has 1 aromatic heterocycles. The number of hydrogen-bond acceptors (Lipinski definition) is 3. The van der Waals surface area contributed by atoms with Gasteiger partial charge in [-0.3, -0.25) is 0 Å². The molecule has 0 fully saturated rings. The van der Waals surface area contributed by atoms with Crippen LogP contribution in [0.15, 0.2) is 41.0 Å². The first-order valence-corrected chi connectivity index (χ1v) is 5.76. The van der Waals surface area contributed by atoms with Crippen molar-refractivity contribution < 1.29 is 0 Å². The molecule has 0 amide bonds. The summed E-state index contributed by atoms with van der Waals surface area (Å²) >= 11 is 9.34. The Kier molecular flexibility index (Phi) is 3.31. The van der Waals surface area contributed by atoms with E-state index in [1.54, 1.807) is 24.4 Å². The van der Waals surface area contributed by atoms with E-state index in [-0.39, 0.29) is 0 Å². The predicted octanol–water partition coefficient (Wildman–Crippen LogP) is 3.82. The highest BCUT2D eigenvalue weighted by atomic mass is 79.9. The van der Waals surface area contributed by atoms with E-state index in [2.05, 4.69) is 26.2 Å². The van der Waals surface area contributed by atoms with E-state index in [4.69, 9.17) is 17.3 Å². The number of aromatic nitrogens is 1. The van der Waals surface area contributed by atoms with Gasteiger partial charge in [-0.25, -0.2) is 4.98 Å². The molecule has 1 heterocycles. The number of nitrogens with two attached hydrogens (primary N) is 1. The maximum Gasteiger partial charge on any atom is 0.130 e. The summed E-state index contributed by atoms with van der Waals surface area (Å²) < 4.78 is 0.928. The third-order valence-corrected chi connectivity index (χ3v) is 2.78. The first-order chi connectivity index (χ1) is 7.65. The van der Waals surface area contributed by atoms with Crippen LogP contribution in [0.1, 0.15) is 0 Å². The summed E-state index contributed by atoms with van der Waals surface area (Å²) in [6.07, 6.45) is 1.71. The van der Waals surface area contributed by atoms with Crippen molar-refractivity contribution in [3.63, 3.8) is 0 Å². The quantitative estimate of drug-likeness (QED) is 0.829. The average molecular weight is 299 g/mol. The molecule has 3 N–H and O–H groups in total. The van der Waals surface area contributed by atoms with E-state index < -0.39 is 0 Å². The molecule has 1 aromatic carbocycles. The second kappa shape index (κ2) is 4.72. The van der Waals surface area contributed by atoms with Crippen LogP contribution in [0.3, 0.4) is 0 Å². The fraction of sp³-hybridized carbons (Fsp3) is 0. The number of benzene rings is 1. The second-order valence-corrected chi connectivity index (χ2v) is 4.55. The molecule has 0 saturated carbocycles. The molecule has 0 unspecified atom stereocenters. The molecule has 2 aromatic rings. The molecule has 82 valence electrons. The summed E-state index contributed by atoms with van der Waals surface area (Å²) in [5.74, 6) is 0.718. The number of halogens is 2. The van der Waals surface area contributed by atoms with Crippen LogP contribution in [-0.4, -0.2) is 4.98 Å². The van der Waals surface area contributed by atoms with E-state index in [0.29, 0.717) is 10.7 Å². The van der Waals surface area contributed by atoms with E-state index in [0.717, 1.165) is 16.0 Å². The molecule has 3 nitrogen and oxygen atoms in total. The summed E-state index contributed by atoms with van der Waals surface area (Å²) in [5, 5.41) is 3.71. The lowest BCUT2D eigenvalue weighted by Crippen LogP contribution is -1.95. The van der Waals surface area contributed by atoms with Crippen LogP contribution >= 0.6 is 27.5 Å². The van der Waals surface area contributed by atoms with Gasteiger partial charge in [0.05, 0.1) is 10.7 Å². The highest BCUT2D eigenvalue weighted by molar-refractivity contribution is 9.10. The summed E-state index contributed by atoms with van der Waals surface area (Å²) in [6, 6.07) is 9.02. The van der Waals surface area contributed by atoms with Crippen molar-refractivity contribution in [1.29, 1.82) is 0 Å². The zero-order valence-electron chi connectivity index (χ0n) is 8.24. The molecule has 0 saturated heterocycles. The SMILES string of the molecule is Nc1ccc(Cl)c(Nc2ccc(Br)cn2)c1. The van der Waals surface area contributed by atoms with Crippen LogP contribution in [-0.2, 0) is 0 Å². The number of nitrogens with one attached hydrogen (secondary N) is 1. The van der Waals surface area contributed by atoms with Gasteiger partial charge in [-0.05, 0) is 46.3 Å². The minimum atomic E-state index is 0.610. The molecule has 2 rings (SSSR count). The molecular formula is C11H9BrClN3. The van der Waals surface area contributed by atoms with Gasteiger partial charge in [0.15, 0.2) is 0 Å². The number of rotatable bonds is 2. The Hall–Kier alpha value is -1.26. The Morgan fingerprint density at radius 3 is 2.75 bits per heavy atom. The van der Waals surface area contributed by atoms with Crippen molar-refractivity contribution in [2.75, 3.05) is 11.1 Å². The molecule has 0 aliphatic rings. The number of nitrogens with zero attached hydrogens (tertiary/aromatic N) is 1. The van der Waals surface area contributed by atoms with E-state index in [9.17, 15) is 0 Å². The zero-order valence-corrected chi connectivity index (χ0v) is 10.6. The van der Waals surface area contributed by atoms with Crippen molar-refractivity contribution in [2.45, 2.75) is 0 Å². The second-order valence-electron chi connectivity index (χ2n) is 3.23. The van der Waals surface area contributed by atoms with E-state index in [1.807, 2.05) is 12.1 Å². The number of hydrogen-bond donors (Lipinski definition) is 2. The highest BCUT2D eigenvalue weighted by Gasteiger charge is 2.01. The van der Waals surface area contributed by atoms with Crippen molar-refractivity contribution in [2.24, 2.45) is 0 Å². The van der Waals surface area contributed by atoms with Crippen LogP contribution in [0, 0.1) is 0 Å². The molecule has 0 aliphatic heterocycles. The van der Waals surface area contributed by atoms with Crippen molar-refractivity contribution in [3.05, 3.63) is 46.0 Å². The molecule has 16 heavy (non-hydrogen) atoms. The lowest BCUT2D eigenvalue weighted by molar-refractivity contribution is 1.29. The normalized spacial score (nSPS) is 10.1. The Labute approximate surface area is 107 Å². The van der Waals surface area contributed by atoms with Gasteiger partial charge in [0.25, 0.3) is 0 Å². The number of nitrogen functional groups attached to an aromatic ring is 1. The van der Waals surface area contributed by atoms with Crippen molar-refractivity contribution in [3.8, 4) is 0 Å². The number of anilines is 3. The lowest BCUT2D eigenvalue weighted by Gasteiger charge is -2.08. The summed E-state index contributed by atoms with van der Waals surface area (Å²) in [6.45, 7) is 0. The molecule has 0 bridgehead atoms. The fourth-order valence-electron chi connectivity index (χ4n) is 1.23. The van der Waals surface area contributed by atoms with E-state index >= 15 is 0 Å². The van der Waals surface area contributed by atoms with Gasteiger partial charge >= 0.3 is 0 Å². The summed E-state index contributed by atoms with van der Waals surface area (Å²) in [7, 11) is 0. The minimum absolute atomic E-state index is 0.610. The van der Waals surface area contributed by atoms with Gasteiger partial charge in [0, 0.05) is 16.4 Å². The van der Waals surface area contributed by atoms with E-state index in [1.165, 1.54) is 0 Å². The summed E-state index contributed by atoms with van der Waals surface area (Å²) in [4.78, 5) is 4.19.